The second kappa shape index (κ2) is 8.02. The number of hydrogen-bond donors (Lipinski definition) is 3. The van der Waals surface area contributed by atoms with Crippen LogP contribution in [0.15, 0.2) is 71.7 Å². The molecule has 2 aromatic heterocycles. The van der Waals surface area contributed by atoms with Gasteiger partial charge in [-0.3, -0.25) is 4.57 Å². The van der Waals surface area contributed by atoms with Crippen LogP contribution in [-0.2, 0) is 13.5 Å². The number of hydrogen-bond acceptors (Lipinski definition) is 5. The monoisotopic (exact) mass is 429 g/mol. The summed E-state index contributed by atoms with van der Waals surface area (Å²) in [6.45, 7) is 0.644. The summed E-state index contributed by atoms with van der Waals surface area (Å²) in [5.41, 5.74) is 10.2. The van der Waals surface area contributed by atoms with E-state index in [1.807, 2.05) is 24.4 Å². The average Bonchev–Trinajstić information content (AvgIpc) is 3.37. The van der Waals surface area contributed by atoms with Crippen molar-refractivity contribution in [3.63, 3.8) is 0 Å². The Morgan fingerprint density at radius 2 is 1.97 bits per heavy atom. The number of aryl methyl sites for hydroxylation is 1. The highest BCUT2D eigenvalue weighted by Gasteiger charge is 2.10. The van der Waals surface area contributed by atoms with Crippen LogP contribution in [0.5, 0.6) is 0 Å². The maximum atomic E-state index is 11.8. The number of anilines is 1. The van der Waals surface area contributed by atoms with Crippen LogP contribution in [0.25, 0.3) is 32.2 Å². The standard InChI is InChI=1S/C24H23N5OS/c1-29-21-12-18(8-9-20(21)28-24(29)30)22-14-27-23(31-22)26-13-19(25)11-15-6-7-16-4-2-3-5-17(16)10-15/h2-10,12,14,19H,11,13,25H2,1H3,(H,26,27)(H,28,30). The van der Waals surface area contributed by atoms with Gasteiger partial charge in [0, 0.05) is 25.8 Å². The molecule has 0 radical (unpaired) electrons. The molecule has 7 heteroatoms. The molecule has 6 nitrogen and oxygen atoms in total. The number of H-pyrrole nitrogens is 1. The predicted molar refractivity (Wildman–Crippen MR) is 129 cm³/mol. The molecule has 5 rings (SSSR count). The van der Waals surface area contributed by atoms with Crippen LogP contribution < -0.4 is 16.7 Å². The van der Waals surface area contributed by atoms with E-state index in [1.165, 1.54) is 16.3 Å². The molecule has 2 heterocycles. The number of nitrogens with two attached hydrogens (primary N) is 1. The quantitative estimate of drug-likeness (QED) is 0.379. The van der Waals surface area contributed by atoms with Gasteiger partial charge in [-0.05, 0) is 40.5 Å². The smallest absolute Gasteiger partial charge is 0.326 e. The Morgan fingerprint density at radius 3 is 2.84 bits per heavy atom. The molecule has 0 bridgehead atoms. The van der Waals surface area contributed by atoms with Crippen molar-refractivity contribution >= 4 is 38.3 Å². The maximum Gasteiger partial charge on any atom is 0.326 e. The molecule has 0 aliphatic carbocycles. The second-order valence-electron chi connectivity index (χ2n) is 7.78. The largest absolute Gasteiger partial charge is 0.360 e. The van der Waals surface area contributed by atoms with Crippen molar-refractivity contribution < 1.29 is 0 Å². The lowest BCUT2D eigenvalue weighted by Crippen LogP contribution is -2.31. The molecular weight excluding hydrogens is 406 g/mol. The molecule has 1 unspecified atom stereocenters. The summed E-state index contributed by atoms with van der Waals surface area (Å²) in [7, 11) is 1.77. The van der Waals surface area contributed by atoms with Gasteiger partial charge in [-0.1, -0.05) is 59.9 Å². The highest BCUT2D eigenvalue weighted by atomic mass is 32.1. The molecule has 0 fully saturated rings. The van der Waals surface area contributed by atoms with Gasteiger partial charge in [-0.2, -0.15) is 0 Å². The Balaban J connectivity index is 1.25. The van der Waals surface area contributed by atoms with Gasteiger partial charge < -0.3 is 16.0 Å². The zero-order valence-electron chi connectivity index (χ0n) is 17.1. The van der Waals surface area contributed by atoms with Crippen molar-refractivity contribution in [2.45, 2.75) is 12.5 Å². The summed E-state index contributed by atoms with van der Waals surface area (Å²) in [6.07, 6.45) is 2.65. The molecule has 0 saturated carbocycles. The van der Waals surface area contributed by atoms with Crippen LogP contribution in [0, 0.1) is 0 Å². The van der Waals surface area contributed by atoms with Crippen LogP contribution in [0.2, 0.25) is 0 Å². The Kier molecular flexibility index (Phi) is 5.05. The lowest BCUT2D eigenvalue weighted by atomic mass is 10.0. The summed E-state index contributed by atoms with van der Waals surface area (Å²) < 4.78 is 1.62. The average molecular weight is 430 g/mol. The zero-order chi connectivity index (χ0) is 21.4. The first kappa shape index (κ1) is 19.5. The molecule has 0 saturated heterocycles. The highest BCUT2D eigenvalue weighted by Crippen LogP contribution is 2.30. The van der Waals surface area contributed by atoms with E-state index >= 15 is 0 Å². The number of rotatable bonds is 6. The fourth-order valence-corrected chi connectivity index (χ4v) is 4.64. The molecule has 3 aromatic carbocycles. The molecule has 0 aliphatic rings. The SMILES string of the molecule is Cn1c(=O)[nH]c2ccc(-c3cnc(NCC(N)Cc4ccc5ccccc5c4)s3)cc21. The Hall–Kier alpha value is -3.42. The molecule has 0 aliphatic heterocycles. The summed E-state index contributed by atoms with van der Waals surface area (Å²) in [4.78, 5) is 20.2. The van der Waals surface area contributed by atoms with Gasteiger partial charge in [0.2, 0.25) is 0 Å². The summed E-state index contributed by atoms with van der Waals surface area (Å²) in [6, 6.07) is 20.8. The van der Waals surface area contributed by atoms with Gasteiger partial charge in [0.25, 0.3) is 0 Å². The molecule has 31 heavy (non-hydrogen) atoms. The number of imidazole rings is 1. The number of aromatic nitrogens is 3. The van der Waals surface area contributed by atoms with Crippen LogP contribution in [0.1, 0.15) is 5.56 Å². The molecule has 0 amide bonds. The first-order valence-electron chi connectivity index (χ1n) is 10.2. The molecule has 1 atom stereocenters. The summed E-state index contributed by atoms with van der Waals surface area (Å²) in [5, 5.41) is 6.68. The van der Waals surface area contributed by atoms with Crippen molar-refractivity contribution in [3.05, 3.63) is 82.9 Å². The minimum Gasteiger partial charge on any atom is -0.360 e. The number of aromatic amines is 1. The zero-order valence-corrected chi connectivity index (χ0v) is 17.9. The van der Waals surface area contributed by atoms with Crippen LogP contribution >= 0.6 is 11.3 Å². The number of nitrogens with zero attached hydrogens (tertiary/aromatic N) is 2. The van der Waals surface area contributed by atoms with Crippen molar-refractivity contribution in [1.29, 1.82) is 0 Å². The Bertz CT molecular complexity index is 1430. The van der Waals surface area contributed by atoms with Crippen LogP contribution in [0.3, 0.4) is 0 Å². The highest BCUT2D eigenvalue weighted by molar-refractivity contribution is 7.18. The van der Waals surface area contributed by atoms with E-state index in [0.717, 1.165) is 33.0 Å². The predicted octanol–water partition coefficient (Wildman–Crippen LogP) is 4.13. The molecular formula is C24H23N5OS. The summed E-state index contributed by atoms with van der Waals surface area (Å²) >= 11 is 1.58. The minimum absolute atomic E-state index is 0.0146. The Labute approximate surface area is 183 Å². The third kappa shape index (κ3) is 3.97. The van der Waals surface area contributed by atoms with E-state index in [4.69, 9.17) is 5.73 Å². The fraction of sp³-hybridized carbons (Fsp3) is 0.167. The van der Waals surface area contributed by atoms with Gasteiger partial charge in [0.1, 0.15) is 0 Å². The fourth-order valence-electron chi connectivity index (χ4n) is 3.82. The van der Waals surface area contributed by atoms with E-state index < -0.39 is 0 Å². The third-order valence-corrected chi connectivity index (χ3v) is 6.53. The molecule has 0 spiro atoms. The van der Waals surface area contributed by atoms with Gasteiger partial charge in [-0.25, -0.2) is 9.78 Å². The lowest BCUT2D eigenvalue weighted by molar-refractivity contribution is 0.699. The molecule has 5 aromatic rings. The van der Waals surface area contributed by atoms with Crippen molar-refractivity contribution in [2.24, 2.45) is 12.8 Å². The number of thiazole rings is 1. The third-order valence-electron chi connectivity index (χ3n) is 5.52. The van der Waals surface area contributed by atoms with Crippen molar-refractivity contribution in [1.82, 2.24) is 14.5 Å². The second-order valence-corrected chi connectivity index (χ2v) is 8.81. The van der Waals surface area contributed by atoms with Gasteiger partial charge in [0.05, 0.1) is 15.9 Å². The lowest BCUT2D eigenvalue weighted by Gasteiger charge is -2.13. The van der Waals surface area contributed by atoms with Crippen molar-refractivity contribution in [2.75, 3.05) is 11.9 Å². The van der Waals surface area contributed by atoms with E-state index in [0.29, 0.717) is 6.54 Å². The van der Waals surface area contributed by atoms with Gasteiger partial charge >= 0.3 is 5.69 Å². The topological polar surface area (TPSA) is 88.7 Å². The molecule has 4 N–H and O–H groups in total. The van der Waals surface area contributed by atoms with E-state index in [2.05, 4.69) is 57.7 Å². The van der Waals surface area contributed by atoms with E-state index in [9.17, 15) is 4.79 Å². The normalized spacial score (nSPS) is 12.5. The number of fused-ring (bicyclic) bond motifs is 2. The van der Waals surface area contributed by atoms with Gasteiger partial charge in [-0.15, -0.1) is 0 Å². The van der Waals surface area contributed by atoms with E-state index in [-0.39, 0.29) is 11.7 Å². The number of nitrogens with one attached hydrogen (secondary N) is 2. The Morgan fingerprint density at radius 1 is 1.13 bits per heavy atom. The first-order valence-corrected chi connectivity index (χ1v) is 11.0. The van der Waals surface area contributed by atoms with Crippen LogP contribution in [-0.4, -0.2) is 27.1 Å². The first-order chi connectivity index (χ1) is 15.1. The van der Waals surface area contributed by atoms with Gasteiger partial charge in [0.15, 0.2) is 5.13 Å². The molecule has 156 valence electrons. The summed E-state index contributed by atoms with van der Waals surface area (Å²) in [5.74, 6) is 0. The number of benzene rings is 3. The van der Waals surface area contributed by atoms with Crippen molar-refractivity contribution in [3.8, 4) is 10.4 Å². The van der Waals surface area contributed by atoms with Crippen LogP contribution in [0.4, 0.5) is 5.13 Å². The minimum atomic E-state index is -0.112. The van der Waals surface area contributed by atoms with E-state index in [1.54, 1.807) is 23.0 Å². The maximum absolute atomic E-state index is 11.8.